The van der Waals surface area contributed by atoms with Gasteiger partial charge in [0.2, 0.25) is 5.91 Å². The fourth-order valence-electron chi connectivity index (χ4n) is 4.32. The Bertz CT molecular complexity index is 534. The largest absolute Gasteiger partial charge is 0.327 e. The fourth-order valence-corrected chi connectivity index (χ4v) is 4.51. The Hall–Kier alpha value is -1.06. The number of rotatable bonds is 3. The lowest BCUT2D eigenvalue weighted by atomic mass is 9.65. The number of carbonyl (C=O) groups excluding carboxylic acids is 1. The van der Waals surface area contributed by atoms with Crippen LogP contribution in [0.5, 0.6) is 0 Å². The van der Waals surface area contributed by atoms with Crippen molar-refractivity contribution in [3.63, 3.8) is 0 Å². The molecular weight excluding hydrogens is 296 g/mol. The van der Waals surface area contributed by atoms with E-state index in [0.717, 1.165) is 18.5 Å². The van der Waals surface area contributed by atoms with Crippen LogP contribution in [0.1, 0.15) is 39.0 Å². The van der Waals surface area contributed by atoms with Crippen molar-refractivity contribution in [2.45, 2.75) is 45.1 Å². The normalized spacial score (nSPS) is 30.9. The number of fused-ring (bicyclic) bond motifs is 2. The van der Waals surface area contributed by atoms with E-state index in [0.29, 0.717) is 29.4 Å². The van der Waals surface area contributed by atoms with Gasteiger partial charge >= 0.3 is 0 Å². The SMILES string of the molecule is CCN(C(=O)C1CC2CCCC(C1)C2N)c1cccc(Cl)c1. The molecule has 2 N–H and O–H groups in total. The Balaban J connectivity index is 1.77. The van der Waals surface area contributed by atoms with Crippen molar-refractivity contribution in [1.82, 2.24) is 0 Å². The van der Waals surface area contributed by atoms with E-state index in [9.17, 15) is 4.79 Å². The van der Waals surface area contributed by atoms with Gasteiger partial charge in [-0.15, -0.1) is 0 Å². The molecule has 3 nitrogen and oxygen atoms in total. The number of hydrogen-bond acceptors (Lipinski definition) is 2. The second-order valence-electron chi connectivity index (χ2n) is 6.76. The van der Waals surface area contributed by atoms with Crippen LogP contribution in [0.2, 0.25) is 5.02 Å². The van der Waals surface area contributed by atoms with Crippen molar-refractivity contribution < 1.29 is 4.79 Å². The Labute approximate surface area is 137 Å². The van der Waals surface area contributed by atoms with Crippen molar-refractivity contribution in [3.8, 4) is 0 Å². The molecule has 0 aromatic heterocycles. The third-order valence-corrected chi connectivity index (χ3v) is 5.70. The van der Waals surface area contributed by atoms with Crippen molar-refractivity contribution >= 4 is 23.2 Å². The van der Waals surface area contributed by atoms with Crippen molar-refractivity contribution in [2.75, 3.05) is 11.4 Å². The molecule has 4 heteroatoms. The molecule has 2 bridgehead atoms. The van der Waals surface area contributed by atoms with E-state index in [4.69, 9.17) is 17.3 Å². The number of amides is 1. The average molecular weight is 321 g/mol. The van der Waals surface area contributed by atoms with Gasteiger partial charge in [0.1, 0.15) is 0 Å². The summed E-state index contributed by atoms with van der Waals surface area (Å²) in [6.45, 7) is 2.70. The highest BCUT2D eigenvalue weighted by molar-refractivity contribution is 6.30. The number of halogens is 1. The van der Waals surface area contributed by atoms with Crippen LogP contribution in [0.15, 0.2) is 24.3 Å². The van der Waals surface area contributed by atoms with E-state index >= 15 is 0 Å². The first kappa shape index (κ1) is 15.8. The fraction of sp³-hybridized carbons (Fsp3) is 0.611. The molecule has 120 valence electrons. The maximum absolute atomic E-state index is 13.0. The lowest BCUT2D eigenvalue weighted by Crippen LogP contribution is -2.49. The number of carbonyl (C=O) groups is 1. The second kappa shape index (κ2) is 6.59. The molecule has 0 saturated heterocycles. The lowest BCUT2D eigenvalue weighted by molar-refractivity contribution is -0.125. The van der Waals surface area contributed by atoms with Gasteiger partial charge in [0, 0.05) is 29.2 Å². The van der Waals surface area contributed by atoms with E-state index in [1.165, 1.54) is 19.3 Å². The Morgan fingerprint density at radius 3 is 2.59 bits per heavy atom. The molecule has 1 aromatic carbocycles. The summed E-state index contributed by atoms with van der Waals surface area (Å²) in [6, 6.07) is 7.88. The zero-order valence-corrected chi connectivity index (χ0v) is 13.9. The molecule has 2 unspecified atom stereocenters. The molecule has 3 rings (SSSR count). The van der Waals surface area contributed by atoms with Crippen molar-refractivity contribution in [2.24, 2.45) is 23.5 Å². The van der Waals surface area contributed by atoms with Crippen molar-refractivity contribution in [3.05, 3.63) is 29.3 Å². The van der Waals surface area contributed by atoms with Gasteiger partial charge in [0.25, 0.3) is 0 Å². The molecule has 2 aliphatic carbocycles. The van der Waals surface area contributed by atoms with Gasteiger partial charge in [-0.3, -0.25) is 4.79 Å². The summed E-state index contributed by atoms with van der Waals surface area (Å²) in [4.78, 5) is 14.9. The van der Waals surface area contributed by atoms with E-state index in [2.05, 4.69) is 0 Å². The van der Waals surface area contributed by atoms with Crippen LogP contribution >= 0.6 is 11.6 Å². The highest BCUT2D eigenvalue weighted by atomic mass is 35.5. The number of nitrogens with two attached hydrogens (primary N) is 1. The lowest BCUT2D eigenvalue weighted by Gasteiger charge is -2.44. The van der Waals surface area contributed by atoms with Gasteiger partial charge in [-0.05, 0) is 62.6 Å². The first-order chi connectivity index (χ1) is 10.6. The Kier molecular flexibility index (Phi) is 4.74. The van der Waals surface area contributed by atoms with Crippen LogP contribution < -0.4 is 10.6 Å². The zero-order chi connectivity index (χ0) is 15.7. The third-order valence-electron chi connectivity index (χ3n) is 5.46. The zero-order valence-electron chi connectivity index (χ0n) is 13.2. The first-order valence-corrected chi connectivity index (χ1v) is 8.80. The average Bonchev–Trinajstić information content (AvgIpc) is 2.47. The van der Waals surface area contributed by atoms with Crippen LogP contribution in [0.25, 0.3) is 0 Å². The summed E-state index contributed by atoms with van der Waals surface area (Å²) in [5.74, 6) is 1.42. The second-order valence-corrected chi connectivity index (χ2v) is 7.20. The molecule has 2 fully saturated rings. The van der Waals surface area contributed by atoms with Crippen LogP contribution in [-0.4, -0.2) is 18.5 Å². The molecule has 0 radical (unpaired) electrons. The molecule has 0 heterocycles. The minimum atomic E-state index is 0.119. The molecule has 22 heavy (non-hydrogen) atoms. The van der Waals surface area contributed by atoms with Gasteiger partial charge in [-0.25, -0.2) is 0 Å². The monoisotopic (exact) mass is 320 g/mol. The topological polar surface area (TPSA) is 46.3 Å². The smallest absolute Gasteiger partial charge is 0.230 e. The standard InChI is InChI=1S/C18H25ClN2O/c1-2-21(16-8-4-7-15(19)11-16)18(22)14-9-12-5-3-6-13(10-14)17(12)20/h4,7-8,11-14,17H,2-3,5-6,9-10,20H2,1H3. The van der Waals surface area contributed by atoms with E-state index < -0.39 is 0 Å². The summed E-state index contributed by atoms with van der Waals surface area (Å²) in [5, 5.41) is 0.672. The molecule has 0 aliphatic heterocycles. The van der Waals surface area contributed by atoms with Crippen LogP contribution in [0, 0.1) is 17.8 Å². The predicted octanol–water partition coefficient (Wildman–Crippen LogP) is 3.85. The first-order valence-electron chi connectivity index (χ1n) is 8.42. The molecule has 0 spiro atoms. The maximum atomic E-state index is 13.0. The summed E-state index contributed by atoms with van der Waals surface area (Å²) in [6.07, 6.45) is 5.55. The predicted molar refractivity (Wildman–Crippen MR) is 91.0 cm³/mol. The number of hydrogen-bond donors (Lipinski definition) is 1. The number of anilines is 1. The molecular formula is C18H25ClN2O. The number of benzene rings is 1. The number of nitrogens with zero attached hydrogens (tertiary/aromatic N) is 1. The van der Waals surface area contributed by atoms with E-state index in [1.807, 2.05) is 36.1 Å². The molecule has 1 amide bonds. The summed E-state index contributed by atoms with van der Waals surface area (Å²) in [5.41, 5.74) is 7.25. The minimum Gasteiger partial charge on any atom is -0.327 e. The van der Waals surface area contributed by atoms with Crippen LogP contribution in [-0.2, 0) is 4.79 Å². The summed E-state index contributed by atoms with van der Waals surface area (Å²) >= 11 is 6.08. The Morgan fingerprint density at radius 2 is 2.00 bits per heavy atom. The van der Waals surface area contributed by atoms with E-state index in [-0.39, 0.29) is 11.8 Å². The van der Waals surface area contributed by atoms with Gasteiger partial charge in [0.05, 0.1) is 0 Å². The Morgan fingerprint density at radius 1 is 1.32 bits per heavy atom. The molecule has 2 saturated carbocycles. The summed E-state index contributed by atoms with van der Waals surface area (Å²) < 4.78 is 0. The third kappa shape index (κ3) is 3.02. The highest BCUT2D eigenvalue weighted by Crippen LogP contribution is 2.42. The van der Waals surface area contributed by atoms with Crippen LogP contribution in [0.4, 0.5) is 5.69 Å². The molecule has 2 atom stereocenters. The van der Waals surface area contributed by atoms with Gasteiger partial charge in [-0.1, -0.05) is 24.1 Å². The van der Waals surface area contributed by atoms with Gasteiger partial charge < -0.3 is 10.6 Å². The molecule has 2 aliphatic rings. The van der Waals surface area contributed by atoms with Crippen molar-refractivity contribution in [1.29, 1.82) is 0 Å². The van der Waals surface area contributed by atoms with Crippen LogP contribution in [0.3, 0.4) is 0 Å². The summed E-state index contributed by atoms with van der Waals surface area (Å²) in [7, 11) is 0. The van der Waals surface area contributed by atoms with Gasteiger partial charge in [-0.2, -0.15) is 0 Å². The highest BCUT2D eigenvalue weighted by Gasteiger charge is 2.41. The van der Waals surface area contributed by atoms with Gasteiger partial charge in [0.15, 0.2) is 0 Å². The minimum absolute atomic E-state index is 0.119. The van der Waals surface area contributed by atoms with E-state index in [1.54, 1.807) is 0 Å². The quantitative estimate of drug-likeness (QED) is 0.919. The maximum Gasteiger partial charge on any atom is 0.230 e. The molecule has 1 aromatic rings.